The molecule has 1 atom stereocenters. The van der Waals surface area contributed by atoms with Gasteiger partial charge in [-0.1, -0.05) is 19.1 Å². The van der Waals surface area contributed by atoms with Crippen molar-refractivity contribution in [3.05, 3.63) is 64.0 Å². The highest BCUT2D eigenvalue weighted by atomic mass is 19.4. The number of carbonyl (C=O) groups is 1. The third kappa shape index (κ3) is 5.40. The number of rotatable bonds is 7. The van der Waals surface area contributed by atoms with E-state index in [2.05, 4.69) is 0 Å². The van der Waals surface area contributed by atoms with Gasteiger partial charge < -0.3 is 18.6 Å². The molecule has 9 heteroatoms. The largest absolute Gasteiger partial charge is 0.482 e. The fourth-order valence-electron chi connectivity index (χ4n) is 2.81. The molecule has 0 aliphatic rings. The van der Waals surface area contributed by atoms with Crippen LogP contribution in [0.25, 0.3) is 11.0 Å². The van der Waals surface area contributed by atoms with E-state index >= 15 is 0 Å². The molecule has 0 bridgehead atoms. The van der Waals surface area contributed by atoms with Crippen LogP contribution in [-0.4, -0.2) is 18.7 Å². The van der Waals surface area contributed by atoms with Crippen LogP contribution in [0.4, 0.5) is 13.2 Å². The second-order valence-corrected chi connectivity index (χ2v) is 7.16. The SMILES string of the molecule is CC[C@@H](C)OC(=O)COc1ccc2c(=O)c(Oc3cccc(C)c3)c(C(F)(F)F)oc2c1. The molecule has 6 nitrogen and oxygen atoms in total. The summed E-state index contributed by atoms with van der Waals surface area (Å²) in [6, 6.07) is 9.97. The number of ether oxygens (including phenoxy) is 3. The molecule has 32 heavy (non-hydrogen) atoms. The molecule has 0 fully saturated rings. The Morgan fingerprint density at radius 1 is 1.12 bits per heavy atom. The van der Waals surface area contributed by atoms with Crippen molar-refractivity contribution >= 4 is 16.9 Å². The Morgan fingerprint density at radius 2 is 1.88 bits per heavy atom. The topological polar surface area (TPSA) is 75.0 Å². The van der Waals surface area contributed by atoms with Crippen molar-refractivity contribution in [1.29, 1.82) is 0 Å². The summed E-state index contributed by atoms with van der Waals surface area (Å²) in [4.78, 5) is 24.6. The second kappa shape index (κ2) is 9.33. The molecular formula is C23H21F3O6. The van der Waals surface area contributed by atoms with Gasteiger partial charge in [-0.25, -0.2) is 4.79 Å². The number of benzene rings is 2. The molecule has 1 heterocycles. The maximum absolute atomic E-state index is 13.6. The van der Waals surface area contributed by atoms with Crippen LogP contribution < -0.4 is 14.9 Å². The van der Waals surface area contributed by atoms with Gasteiger partial charge in [0, 0.05) is 6.07 Å². The molecule has 3 aromatic rings. The number of fused-ring (bicyclic) bond motifs is 1. The Morgan fingerprint density at radius 3 is 2.53 bits per heavy atom. The van der Waals surface area contributed by atoms with Crippen molar-refractivity contribution in [2.45, 2.75) is 39.5 Å². The third-order valence-electron chi connectivity index (χ3n) is 4.55. The molecule has 3 rings (SSSR count). The van der Waals surface area contributed by atoms with E-state index in [9.17, 15) is 22.8 Å². The average Bonchev–Trinajstić information content (AvgIpc) is 2.73. The lowest BCUT2D eigenvalue weighted by atomic mass is 10.2. The first-order valence-electron chi connectivity index (χ1n) is 9.83. The molecule has 0 saturated carbocycles. The van der Waals surface area contributed by atoms with Crippen LogP contribution in [0.3, 0.4) is 0 Å². The fraction of sp³-hybridized carbons (Fsp3) is 0.304. The average molecular weight is 450 g/mol. The first-order chi connectivity index (χ1) is 15.1. The van der Waals surface area contributed by atoms with E-state index in [1.54, 1.807) is 26.0 Å². The van der Waals surface area contributed by atoms with Crippen LogP contribution in [0.1, 0.15) is 31.6 Å². The predicted molar refractivity (Wildman–Crippen MR) is 110 cm³/mol. The van der Waals surface area contributed by atoms with Gasteiger partial charge in [0.05, 0.1) is 11.5 Å². The molecule has 0 aliphatic carbocycles. The molecule has 0 amide bonds. The number of hydrogen-bond donors (Lipinski definition) is 0. The highest BCUT2D eigenvalue weighted by Crippen LogP contribution is 2.38. The van der Waals surface area contributed by atoms with Crippen LogP contribution in [0, 0.1) is 6.92 Å². The molecule has 170 valence electrons. The van der Waals surface area contributed by atoms with Crippen LogP contribution in [0.2, 0.25) is 0 Å². The normalized spacial score (nSPS) is 12.4. The fourth-order valence-corrected chi connectivity index (χ4v) is 2.81. The first-order valence-corrected chi connectivity index (χ1v) is 9.83. The molecule has 0 N–H and O–H groups in total. The third-order valence-corrected chi connectivity index (χ3v) is 4.55. The number of halogens is 3. The van der Waals surface area contributed by atoms with E-state index in [1.165, 1.54) is 24.3 Å². The molecular weight excluding hydrogens is 429 g/mol. The maximum atomic E-state index is 13.6. The van der Waals surface area contributed by atoms with Gasteiger partial charge in [0.2, 0.25) is 11.2 Å². The van der Waals surface area contributed by atoms with E-state index in [-0.39, 0.29) is 28.6 Å². The summed E-state index contributed by atoms with van der Waals surface area (Å²) < 4.78 is 61.6. The highest BCUT2D eigenvalue weighted by Gasteiger charge is 2.40. The smallest absolute Gasteiger partial charge is 0.453 e. The van der Waals surface area contributed by atoms with Crippen LogP contribution in [-0.2, 0) is 15.7 Å². The van der Waals surface area contributed by atoms with Crippen molar-refractivity contribution in [2.24, 2.45) is 0 Å². The van der Waals surface area contributed by atoms with Crippen molar-refractivity contribution < 1.29 is 36.6 Å². The van der Waals surface area contributed by atoms with Gasteiger partial charge in [-0.15, -0.1) is 0 Å². The number of hydrogen-bond acceptors (Lipinski definition) is 6. The van der Waals surface area contributed by atoms with Gasteiger partial charge in [0.25, 0.3) is 5.76 Å². The van der Waals surface area contributed by atoms with Crippen LogP contribution in [0.15, 0.2) is 51.7 Å². The summed E-state index contributed by atoms with van der Waals surface area (Å²) in [6.07, 6.45) is -4.65. The van der Waals surface area contributed by atoms with E-state index in [0.29, 0.717) is 6.42 Å². The van der Waals surface area contributed by atoms with Crippen molar-refractivity contribution in [3.63, 3.8) is 0 Å². The summed E-state index contributed by atoms with van der Waals surface area (Å²) in [5.41, 5.74) is -0.593. The molecule has 0 spiro atoms. The van der Waals surface area contributed by atoms with Crippen molar-refractivity contribution in [3.8, 4) is 17.2 Å². The van der Waals surface area contributed by atoms with E-state index in [1.807, 2.05) is 6.92 Å². The minimum absolute atomic E-state index is 0.0437. The van der Waals surface area contributed by atoms with E-state index in [0.717, 1.165) is 11.6 Å². The molecule has 0 radical (unpaired) electrons. The molecule has 1 aromatic heterocycles. The van der Waals surface area contributed by atoms with Crippen molar-refractivity contribution in [1.82, 2.24) is 0 Å². The molecule has 2 aromatic carbocycles. The number of aryl methyl sites for hydroxylation is 1. The number of alkyl halides is 3. The van der Waals surface area contributed by atoms with Gasteiger partial charge >= 0.3 is 12.1 Å². The Balaban J connectivity index is 1.96. The Kier molecular flexibility index (Phi) is 6.76. The van der Waals surface area contributed by atoms with Crippen LogP contribution >= 0.6 is 0 Å². The monoisotopic (exact) mass is 450 g/mol. The summed E-state index contributed by atoms with van der Waals surface area (Å²) in [5.74, 6) is -3.03. The van der Waals surface area contributed by atoms with E-state index in [4.69, 9.17) is 18.6 Å². The minimum Gasteiger partial charge on any atom is -0.482 e. The maximum Gasteiger partial charge on any atom is 0.453 e. The first kappa shape index (κ1) is 23.2. The quantitative estimate of drug-likeness (QED) is 0.434. The van der Waals surface area contributed by atoms with Gasteiger partial charge in [-0.3, -0.25) is 4.79 Å². The number of carbonyl (C=O) groups excluding carboxylic acids is 1. The Bertz CT molecular complexity index is 1180. The van der Waals surface area contributed by atoms with Gasteiger partial charge in [0.15, 0.2) is 6.61 Å². The van der Waals surface area contributed by atoms with Gasteiger partial charge in [0.1, 0.15) is 17.1 Å². The lowest BCUT2D eigenvalue weighted by molar-refractivity contribution is -0.154. The Hall–Kier alpha value is -3.49. The zero-order valence-electron chi connectivity index (χ0n) is 17.6. The zero-order chi connectivity index (χ0) is 23.5. The van der Waals surface area contributed by atoms with Crippen LogP contribution in [0.5, 0.6) is 17.2 Å². The number of esters is 1. The molecule has 0 unspecified atom stereocenters. The highest BCUT2D eigenvalue weighted by molar-refractivity contribution is 5.80. The lowest BCUT2D eigenvalue weighted by Crippen LogP contribution is -2.20. The lowest BCUT2D eigenvalue weighted by Gasteiger charge is -2.14. The van der Waals surface area contributed by atoms with Gasteiger partial charge in [-0.05, 0) is 50.1 Å². The predicted octanol–water partition coefficient (Wildman–Crippen LogP) is 5.63. The zero-order valence-corrected chi connectivity index (χ0v) is 17.6. The second-order valence-electron chi connectivity index (χ2n) is 7.16. The summed E-state index contributed by atoms with van der Waals surface area (Å²) in [6.45, 7) is 4.86. The van der Waals surface area contributed by atoms with E-state index < -0.39 is 35.7 Å². The molecule has 0 saturated heterocycles. The molecule has 0 aliphatic heterocycles. The summed E-state index contributed by atoms with van der Waals surface area (Å²) in [7, 11) is 0. The van der Waals surface area contributed by atoms with Crippen molar-refractivity contribution in [2.75, 3.05) is 6.61 Å². The standard InChI is InChI=1S/C23H21F3O6/c1-4-14(3)30-19(27)12-29-15-8-9-17-18(11-15)32-22(23(24,25)26)21(20(17)28)31-16-7-5-6-13(2)10-16/h5-11,14H,4,12H2,1-3H3/t14-/m1/s1. The summed E-state index contributed by atoms with van der Waals surface area (Å²) in [5, 5.41) is -0.129. The van der Waals surface area contributed by atoms with Gasteiger partial charge in [-0.2, -0.15) is 13.2 Å². The Labute approximate surface area is 181 Å². The summed E-state index contributed by atoms with van der Waals surface area (Å²) >= 11 is 0. The minimum atomic E-state index is -4.98.